The molecule has 0 aliphatic carbocycles. The number of sulfonamides is 1. The number of methoxy groups -OCH3 is 1. The molecule has 0 bridgehead atoms. The number of halogens is 3. The molecule has 2 aromatic rings. The molecule has 0 saturated carbocycles. The number of hydrogen-bond donors (Lipinski definition) is 1. The number of nitrogens with zero attached hydrogens (tertiary/aromatic N) is 2. The van der Waals surface area contributed by atoms with E-state index in [1.807, 2.05) is 13.8 Å². The quantitative estimate of drug-likeness (QED) is 0.677. The molecule has 180 valence electrons. The summed E-state index contributed by atoms with van der Waals surface area (Å²) in [6.45, 7) is 4.04. The van der Waals surface area contributed by atoms with Gasteiger partial charge in [0.1, 0.15) is 5.75 Å². The summed E-state index contributed by atoms with van der Waals surface area (Å²) in [5.74, 6) is 0.0971. The SMILES string of the molecule is COc1c(C)cnc(CNC(=O)C2CCN(S(=O)(=O)c3cccc(C(F)(F)F)c3)CC2)c1C. The Kier molecular flexibility index (Phi) is 7.32. The maximum atomic E-state index is 13.0. The van der Waals surface area contributed by atoms with E-state index in [4.69, 9.17) is 4.74 Å². The Morgan fingerprint density at radius 3 is 2.52 bits per heavy atom. The fourth-order valence-electron chi connectivity index (χ4n) is 3.90. The zero-order chi connectivity index (χ0) is 24.4. The lowest BCUT2D eigenvalue weighted by molar-refractivity contribution is -0.137. The molecule has 1 aromatic carbocycles. The number of carbonyl (C=O) groups excluding carboxylic acids is 1. The van der Waals surface area contributed by atoms with Crippen molar-refractivity contribution in [3.63, 3.8) is 0 Å². The van der Waals surface area contributed by atoms with E-state index in [9.17, 15) is 26.4 Å². The van der Waals surface area contributed by atoms with Gasteiger partial charge in [-0.25, -0.2) is 8.42 Å². The van der Waals surface area contributed by atoms with E-state index in [1.165, 1.54) is 0 Å². The minimum Gasteiger partial charge on any atom is -0.496 e. The van der Waals surface area contributed by atoms with Crippen LogP contribution in [0.2, 0.25) is 0 Å². The van der Waals surface area contributed by atoms with Gasteiger partial charge in [0.05, 0.1) is 29.8 Å². The van der Waals surface area contributed by atoms with Crippen molar-refractivity contribution < 1.29 is 31.1 Å². The number of hydrogen-bond acceptors (Lipinski definition) is 5. The lowest BCUT2D eigenvalue weighted by Gasteiger charge is -2.30. The highest BCUT2D eigenvalue weighted by Crippen LogP contribution is 2.32. The molecule has 1 amide bonds. The standard InChI is InChI=1S/C22H26F3N3O4S/c1-14-12-26-19(15(2)20(14)32-3)13-27-21(29)16-7-9-28(10-8-16)33(30,31)18-6-4-5-17(11-18)22(23,24)25/h4-6,11-12,16H,7-10,13H2,1-3H3,(H,27,29). The Morgan fingerprint density at radius 2 is 1.91 bits per heavy atom. The summed E-state index contributed by atoms with van der Waals surface area (Å²) in [7, 11) is -2.52. The first kappa shape index (κ1) is 25.0. The molecule has 0 spiro atoms. The fraction of sp³-hybridized carbons (Fsp3) is 0.455. The smallest absolute Gasteiger partial charge is 0.416 e. The van der Waals surface area contributed by atoms with E-state index in [0.29, 0.717) is 17.5 Å². The number of pyridine rings is 1. The van der Waals surface area contributed by atoms with Crippen molar-refractivity contribution in [1.82, 2.24) is 14.6 Å². The summed E-state index contributed by atoms with van der Waals surface area (Å²) >= 11 is 0. The normalized spacial score (nSPS) is 15.9. The molecule has 1 aliphatic heterocycles. The predicted molar refractivity (Wildman–Crippen MR) is 115 cm³/mol. The Hall–Kier alpha value is -2.66. The van der Waals surface area contributed by atoms with Crippen molar-refractivity contribution in [2.24, 2.45) is 5.92 Å². The Bertz CT molecular complexity index is 1130. The van der Waals surface area contributed by atoms with Crippen LogP contribution in [0.1, 0.15) is 35.2 Å². The molecule has 2 heterocycles. The van der Waals surface area contributed by atoms with Gasteiger partial charge < -0.3 is 10.1 Å². The molecule has 11 heteroatoms. The monoisotopic (exact) mass is 485 g/mol. The Balaban J connectivity index is 1.61. The number of piperidine rings is 1. The van der Waals surface area contributed by atoms with Crippen LogP contribution in [0.3, 0.4) is 0 Å². The molecular weight excluding hydrogens is 459 g/mol. The molecule has 3 rings (SSSR count). The average Bonchev–Trinajstić information content (AvgIpc) is 2.78. The van der Waals surface area contributed by atoms with Gasteiger partial charge in [0.25, 0.3) is 0 Å². The number of aromatic nitrogens is 1. The van der Waals surface area contributed by atoms with Gasteiger partial charge in [-0.1, -0.05) is 6.07 Å². The maximum Gasteiger partial charge on any atom is 0.416 e. The van der Waals surface area contributed by atoms with E-state index < -0.39 is 32.6 Å². The summed E-state index contributed by atoms with van der Waals surface area (Å²) < 4.78 is 71.0. The zero-order valence-electron chi connectivity index (χ0n) is 18.6. The van der Waals surface area contributed by atoms with E-state index in [1.54, 1.807) is 13.3 Å². The van der Waals surface area contributed by atoms with E-state index in [-0.39, 0.29) is 38.4 Å². The third kappa shape index (κ3) is 5.47. The molecule has 1 aliphatic rings. The van der Waals surface area contributed by atoms with Crippen LogP contribution >= 0.6 is 0 Å². The highest BCUT2D eigenvalue weighted by atomic mass is 32.2. The van der Waals surface area contributed by atoms with Crippen molar-refractivity contribution in [3.8, 4) is 5.75 Å². The Labute approximate surface area is 191 Å². The average molecular weight is 486 g/mol. The molecule has 1 aromatic heterocycles. The van der Waals surface area contributed by atoms with Crippen LogP contribution in [0.15, 0.2) is 35.4 Å². The van der Waals surface area contributed by atoms with E-state index >= 15 is 0 Å². The number of carbonyl (C=O) groups is 1. The molecule has 0 unspecified atom stereocenters. The molecule has 0 atom stereocenters. The number of ether oxygens (including phenoxy) is 1. The molecule has 1 fully saturated rings. The molecule has 1 N–H and O–H groups in total. The van der Waals surface area contributed by atoms with Crippen LogP contribution in [0.4, 0.5) is 13.2 Å². The summed E-state index contributed by atoms with van der Waals surface area (Å²) in [5.41, 5.74) is 1.38. The first-order valence-electron chi connectivity index (χ1n) is 10.4. The van der Waals surface area contributed by atoms with Crippen molar-refractivity contribution >= 4 is 15.9 Å². The lowest BCUT2D eigenvalue weighted by atomic mass is 9.97. The van der Waals surface area contributed by atoms with Gasteiger partial charge in [0, 0.05) is 36.3 Å². The van der Waals surface area contributed by atoms with Gasteiger partial charge in [0.2, 0.25) is 15.9 Å². The van der Waals surface area contributed by atoms with Gasteiger partial charge in [0.15, 0.2) is 0 Å². The third-order valence-electron chi connectivity index (χ3n) is 5.80. The predicted octanol–water partition coefficient (Wildman–Crippen LogP) is 3.44. The highest BCUT2D eigenvalue weighted by molar-refractivity contribution is 7.89. The second-order valence-electron chi connectivity index (χ2n) is 7.97. The number of benzene rings is 1. The van der Waals surface area contributed by atoms with Crippen LogP contribution in [0, 0.1) is 19.8 Å². The molecule has 1 saturated heterocycles. The number of alkyl halides is 3. The summed E-state index contributed by atoms with van der Waals surface area (Å²) in [5, 5.41) is 2.84. The molecule has 33 heavy (non-hydrogen) atoms. The van der Waals surface area contributed by atoms with Gasteiger partial charge in [-0.2, -0.15) is 17.5 Å². The van der Waals surface area contributed by atoms with Crippen molar-refractivity contribution in [2.75, 3.05) is 20.2 Å². The van der Waals surface area contributed by atoms with E-state index in [0.717, 1.165) is 33.6 Å². The molecular formula is C22H26F3N3O4S. The molecule has 7 nitrogen and oxygen atoms in total. The summed E-state index contributed by atoms with van der Waals surface area (Å²) in [4.78, 5) is 16.6. The summed E-state index contributed by atoms with van der Waals surface area (Å²) in [6, 6.07) is 3.69. The number of rotatable bonds is 6. The Morgan fingerprint density at radius 1 is 1.24 bits per heavy atom. The van der Waals surface area contributed by atoms with Crippen molar-refractivity contribution in [3.05, 3.63) is 52.8 Å². The third-order valence-corrected chi connectivity index (χ3v) is 7.70. The van der Waals surface area contributed by atoms with Crippen LogP contribution < -0.4 is 10.1 Å². The van der Waals surface area contributed by atoms with Crippen LogP contribution in [-0.4, -0.2) is 43.8 Å². The largest absolute Gasteiger partial charge is 0.496 e. The maximum absolute atomic E-state index is 13.0. The second-order valence-corrected chi connectivity index (χ2v) is 9.91. The van der Waals surface area contributed by atoms with Gasteiger partial charge in [-0.15, -0.1) is 0 Å². The van der Waals surface area contributed by atoms with Crippen molar-refractivity contribution in [2.45, 2.75) is 44.3 Å². The highest BCUT2D eigenvalue weighted by Gasteiger charge is 2.35. The second kappa shape index (κ2) is 9.68. The van der Waals surface area contributed by atoms with E-state index in [2.05, 4.69) is 10.3 Å². The van der Waals surface area contributed by atoms with Crippen molar-refractivity contribution in [1.29, 1.82) is 0 Å². The van der Waals surface area contributed by atoms with Crippen LogP contribution in [0.5, 0.6) is 5.75 Å². The fourth-order valence-corrected chi connectivity index (χ4v) is 5.42. The summed E-state index contributed by atoms with van der Waals surface area (Å²) in [6.07, 6.45) is -2.42. The van der Waals surface area contributed by atoms with Crippen LogP contribution in [-0.2, 0) is 27.5 Å². The first-order chi connectivity index (χ1) is 15.4. The zero-order valence-corrected chi connectivity index (χ0v) is 19.4. The van der Waals surface area contributed by atoms with Gasteiger partial charge >= 0.3 is 6.18 Å². The lowest BCUT2D eigenvalue weighted by Crippen LogP contribution is -2.43. The van der Waals surface area contributed by atoms with Gasteiger partial charge in [-0.3, -0.25) is 9.78 Å². The first-order valence-corrected chi connectivity index (χ1v) is 11.8. The minimum atomic E-state index is -4.63. The number of aryl methyl sites for hydroxylation is 1. The van der Waals surface area contributed by atoms with Gasteiger partial charge in [-0.05, 0) is 44.9 Å². The number of nitrogens with one attached hydrogen (secondary N) is 1. The topological polar surface area (TPSA) is 88.6 Å². The minimum absolute atomic E-state index is 0.0479. The molecule has 0 radical (unpaired) electrons. The number of amides is 1. The van der Waals surface area contributed by atoms with Crippen LogP contribution in [0.25, 0.3) is 0 Å².